The Morgan fingerprint density at radius 2 is 1.87 bits per heavy atom. The van der Waals surface area contributed by atoms with Gasteiger partial charge in [0.2, 0.25) is 5.91 Å². The second kappa shape index (κ2) is 9.72. The molecule has 4 N–H and O–H groups in total. The van der Waals surface area contributed by atoms with Gasteiger partial charge in [-0.3, -0.25) is 14.2 Å². The fourth-order valence-corrected chi connectivity index (χ4v) is 8.66. The number of carbonyl (C=O) groups is 1. The van der Waals surface area contributed by atoms with E-state index in [9.17, 15) is 23.9 Å². The van der Waals surface area contributed by atoms with Gasteiger partial charge in [0.05, 0.1) is 27.6 Å². The summed E-state index contributed by atoms with van der Waals surface area (Å²) in [4.78, 5) is 43.6. The summed E-state index contributed by atoms with van der Waals surface area (Å²) >= 11 is 0. The third kappa shape index (κ3) is 4.00. The summed E-state index contributed by atoms with van der Waals surface area (Å²) in [5.41, 5.74) is 7.98. The van der Waals surface area contributed by atoms with Gasteiger partial charge in [0, 0.05) is 30.3 Å². The first-order chi connectivity index (χ1) is 21.2. The Balaban J connectivity index is 1.38. The number of aliphatic hydroxyl groups is 1. The highest BCUT2D eigenvalue weighted by molar-refractivity contribution is 5.87. The van der Waals surface area contributed by atoms with E-state index < -0.39 is 52.0 Å². The summed E-state index contributed by atoms with van der Waals surface area (Å²) in [6, 6.07) is 9.34. The number of carbonyl (C=O) groups excluding carboxylic acids is 1. The van der Waals surface area contributed by atoms with Gasteiger partial charge in [0.25, 0.3) is 5.56 Å². The number of nitrogens with two attached hydrogens (primary N) is 1. The number of hydrogen-bond donors (Lipinski definition) is 3. The number of nitrogens with zero attached hydrogens (tertiary/aromatic N) is 2. The Hall–Kier alpha value is -4.05. The number of H-pyrrole nitrogens is 1. The number of alkyl halides is 1. The van der Waals surface area contributed by atoms with Gasteiger partial charge in [-0.1, -0.05) is 18.2 Å². The van der Waals surface area contributed by atoms with E-state index in [1.165, 1.54) is 25.2 Å². The number of aromatic amines is 1. The number of aromatic nitrogens is 3. The summed E-state index contributed by atoms with van der Waals surface area (Å²) in [5.74, 6) is -2.38. The Kier molecular flexibility index (Phi) is 6.41. The molecule has 7 rings (SSSR count). The van der Waals surface area contributed by atoms with Gasteiger partial charge in [0.15, 0.2) is 0 Å². The van der Waals surface area contributed by atoms with Crippen LogP contribution < -0.4 is 17.0 Å². The second-order valence-corrected chi connectivity index (χ2v) is 14.1. The van der Waals surface area contributed by atoms with E-state index in [1.807, 2.05) is 19.9 Å². The van der Waals surface area contributed by atoms with E-state index in [0.717, 1.165) is 38.1 Å². The number of benzene rings is 2. The molecule has 8 nitrogen and oxygen atoms in total. The lowest BCUT2D eigenvalue weighted by Crippen LogP contribution is -2.55. The number of nitrogens with one attached hydrogen (secondary N) is 1. The fourth-order valence-electron chi connectivity index (χ4n) is 8.66. The van der Waals surface area contributed by atoms with Crippen molar-refractivity contribution in [3.63, 3.8) is 0 Å². The minimum Gasteiger partial charge on any atom is -0.390 e. The number of amides is 1. The number of para-hydroxylation sites is 1. The zero-order valence-electron chi connectivity index (χ0n) is 26.1. The fraction of sp³-hybridized carbons (Fsp3) is 0.457. The lowest BCUT2D eigenvalue weighted by molar-refractivity contribution is -0.125. The van der Waals surface area contributed by atoms with Gasteiger partial charge >= 0.3 is 5.69 Å². The van der Waals surface area contributed by atoms with E-state index in [1.54, 1.807) is 26.0 Å². The van der Waals surface area contributed by atoms with Crippen LogP contribution in [0.4, 0.5) is 8.78 Å². The molecule has 0 aliphatic heterocycles. The SMILES string of the molecule is Cc1c(C2[C@@H](F)[C@H]3C[C@](C)(C(N)=O)c4[nH]c5c(c4[C@@H]23)CC[C@H](C(C)(C)O)C5)cccc1-n1c(=O)c2cccc(F)c2n(C)c1=O. The molecular weight excluding hydrogens is 578 g/mol. The Bertz CT molecular complexity index is 2040. The molecule has 1 fully saturated rings. The summed E-state index contributed by atoms with van der Waals surface area (Å²) < 4.78 is 33.3. The van der Waals surface area contributed by atoms with Crippen molar-refractivity contribution in [1.29, 1.82) is 0 Å². The molecule has 2 aromatic carbocycles. The molecule has 0 saturated heterocycles. The van der Waals surface area contributed by atoms with E-state index in [2.05, 4.69) is 4.98 Å². The van der Waals surface area contributed by atoms with Crippen molar-refractivity contribution in [2.24, 2.45) is 24.6 Å². The molecule has 2 aromatic heterocycles. The highest BCUT2D eigenvalue weighted by Crippen LogP contribution is 2.64. The second-order valence-electron chi connectivity index (χ2n) is 14.1. The number of hydrogen-bond acceptors (Lipinski definition) is 4. The average molecular weight is 617 g/mol. The zero-order chi connectivity index (χ0) is 32.3. The molecule has 0 bridgehead atoms. The van der Waals surface area contributed by atoms with E-state index >= 15 is 4.39 Å². The normalized spacial score (nSPS) is 27.4. The largest absolute Gasteiger partial charge is 0.390 e. The Morgan fingerprint density at radius 1 is 1.16 bits per heavy atom. The zero-order valence-corrected chi connectivity index (χ0v) is 26.1. The molecule has 2 heterocycles. The Labute approximate surface area is 258 Å². The number of fused-ring (bicyclic) bond motifs is 6. The van der Waals surface area contributed by atoms with Gasteiger partial charge in [-0.2, -0.15) is 0 Å². The minimum atomic E-state index is -1.28. The highest BCUT2D eigenvalue weighted by atomic mass is 19.1. The molecule has 1 saturated carbocycles. The molecule has 0 radical (unpaired) electrons. The lowest BCUT2D eigenvalue weighted by Gasteiger charge is -2.55. The molecule has 236 valence electrons. The molecule has 4 aromatic rings. The van der Waals surface area contributed by atoms with Crippen LogP contribution in [0.3, 0.4) is 0 Å². The maximum absolute atomic E-state index is 16.5. The smallest absolute Gasteiger partial charge is 0.335 e. The number of primary amides is 1. The maximum atomic E-state index is 16.5. The number of halogens is 2. The van der Waals surface area contributed by atoms with E-state index in [4.69, 9.17) is 5.73 Å². The van der Waals surface area contributed by atoms with Crippen molar-refractivity contribution >= 4 is 16.8 Å². The van der Waals surface area contributed by atoms with Crippen LogP contribution in [0.15, 0.2) is 46.0 Å². The van der Waals surface area contributed by atoms with Gasteiger partial charge in [-0.15, -0.1) is 0 Å². The van der Waals surface area contributed by atoms with Gasteiger partial charge in [-0.05, 0) is 106 Å². The molecule has 1 amide bonds. The standard InChI is InChI=1S/C35H38F2N4O4/c1-16-18(8-7-11-24(16)41-31(42)20-9-6-10-22(36)29(20)40(5)33(41)44)26-25-21(28(26)37)15-35(4,32(38)43)30-27(25)19-13-12-17(34(2,3)45)14-23(19)39-30/h6-11,17,21,25-26,28,39,45H,12-15H2,1-5H3,(H2,38,43)/t17-,21-,25+,26?,28-,35-/m0/s1. The van der Waals surface area contributed by atoms with E-state index in [0.29, 0.717) is 29.7 Å². The van der Waals surface area contributed by atoms with Gasteiger partial charge < -0.3 is 15.8 Å². The van der Waals surface area contributed by atoms with Crippen LogP contribution in [0.5, 0.6) is 0 Å². The molecular formula is C35H38F2N4O4. The highest BCUT2D eigenvalue weighted by Gasteiger charge is 2.61. The summed E-state index contributed by atoms with van der Waals surface area (Å²) in [5, 5.41) is 10.8. The van der Waals surface area contributed by atoms with Crippen LogP contribution >= 0.6 is 0 Å². The average Bonchev–Trinajstić information content (AvgIpc) is 3.37. The molecule has 45 heavy (non-hydrogen) atoms. The van der Waals surface area contributed by atoms with Crippen molar-refractivity contribution in [3.8, 4) is 5.69 Å². The van der Waals surface area contributed by atoms with Crippen LogP contribution in [0, 0.1) is 24.6 Å². The summed E-state index contributed by atoms with van der Waals surface area (Å²) in [7, 11) is 1.42. The topological polar surface area (TPSA) is 123 Å². The maximum Gasteiger partial charge on any atom is 0.335 e. The van der Waals surface area contributed by atoms with Crippen molar-refractivity contribution in [3.05, 3.63) is 96.7 Å². The minimum absolute atomic E-state index is 0.0297. The lowest BCUT2D eigenvalue weighted by atomic mass is 9.49. The van der Waals surface area contributed by atoms with Crippen LogP contribution in [0.1, 0.15) is 79.1 Å². The third-order valence-corrected chi connectivity index (χ3v) is 11.3. The molecule has 3 aliphatic carbocycles. The van der Waals surface area contributed by atoms with Crippen molar-refractivity contribution in [2.75, 3.05) is 0 Å². The molecule has 3 aliphatic rings. The van der Waals surface area contributed by atoms with Gasteiger partial charge in [0.1, 0.15) is 12.0 Å². The van der Waals surface area contributed by atoms with E-state index in [-0.39, 0.29) is 29.2 Å². The van der Waals surface area contributed by atoms with Crippen LogP contribution in [0.25, 0.3) is 16.6 Å². The predicted octanol–water partition coefficient (Wildman–Crippen LogP) is 4.32. The molecule has 1 unspecified atom stereocenters. The third-order valence-electron chi connectivity index (χ3n) is 11.3. The molecule has 6 atom stereocenters. The van der Waals surface area contributed by atoms with Crippen LogP contribution in [-0.2, 0) is 30.1 Å². The van der Waals surface area contributed by atoms with Crippen molar-refractivity contribution in [2.45, 2.75) is 82.4 Å². The van der Waals surface area contributed by atoms with Gasteiger partial charge in [-0.25, -0.2) is 18.1 Å². The summed E-state index contributed by atoms with van der Waals surface area (Å²) in [6.07, 6.45) is 1.06. The first kappa shape index (κ1) is 29.6. The quantitative estimate of drug-likeness (QED) is 0.316. The van der Waals surface area contributed by atoms with Crippen molar-refractivity contribution in [1.82, 2.24) is 14.1 Å². The monoisotopic (exact) mass is 616 g/mol. The van der Waals surface area contributed by atoms with Crippen LogP contribution in [-0.4, -0.2) is 36.9 Å². The first-order valence-electron chi connectivity index (χ1n) is 15.6. The summed E-state index contributed by atoms with van der Waals surface area (Å²) in [6.45, 7) is 7.19. The number of rotatable bonds is 4. The van der Waals surface area contributed by atoms with Crippen LogP contribution in [0.2, 0.25) is 0 Å². The molecule has 0 spiro atoms. The first-order valence-corrected chi connectivity index (χ1v) is 15.6. The molecule has 10 heteroatoms. The predicted molar refractivity (Wildman–Crippen MR) is 167 cm³/mol. The Morgan fingerprint density at radius 3 is 2.56 bits per heavy atom. The number of aryl methyl sites for hydroxylation is 1. The van der Waals surface area contributed by atoms with Crippen molar-refractivity contribution < 1.29 is 18.7 Å².